The van der Waals surface area contributed by atoms with E-state index >= 15 is 0 Å². The molecule has 3 amide bonds. The average Bonchev–Trinajstić information content (AvgIpc) is 3.62. The van der Waals surface area contributed by atoms with Crippen LogP contribution in [0.3, 0.4) is 0 Å². The van der Waals surface area contributed by atoms with Crippen molar-refractivity contribution in [1.29, 1.82) is 0 Å². The number of urea groups is 1. The number of para-hydroxylation sites is 2. The van der Waals surface area contributed by atoms with Gasteiger partial charge in [-0.2, -0.15) is 0 Å². The van der Waals surface area contributed by atoms with E-state index in [2.05, 4.69) is 32.8 Å². The zero-order chi connectivity index (χ0) is 24.1. The van der Waals surface area contributed by atoms with Crippen molar-refractivity contribution in [2.24, 2.45) is 0 Å². The lowest BCUT2D eigenvalue weighted by Crippen LogP contribution is -2.30. The highest BCUT2D eigenvalue weighted by atomic mass is 35.5. The molecule has 0 spiro atoms. The minimum absolute atomic E-state index is 0.219. The number of benzene rings is 2. The largest absolute Gasteiger partial charge is 0.456 e. The van der Waals surface area contributed by atoms with Crippen LogP contribution in [0.2, 0.25) is 10.0 Å². The number of aromatic nitrogens is 1. The molecule has 0 unspecified atom stereocenters. The van der Waals surface area contributed by atoms with Crippen molar-refractivity contribution in [3.05, 3.63) is 77.4 Å². The third-order valence-electron chi connectivity index (χ3n) is 4.77. The number of hydrogen-bond donors (Lipinski definition) is 4. The predicted octanol–water partition coefficient (Wildman–Crippen LogP) is 6.33. The van der Waals surface area contributed by atoms with E-state index in [1.54, 1.807) is 36.5 Å². The van der Waals surface area contributed by atoms with E-state index in [4.69, 9.17) is 27.9 Å². The molecule has 1 aliphatic carbocycles. The van der Waals surface area contributed by atoms with E-state index in [9.17, 15) is 9.59 Å². The Morgan fingerprint density at radius 3 is 2.50 bits per heavy atom. The molecule has 1 saturated carbocycles. The number of anilines is 4. The van der Waals surface area contributed by atoms with E-state index in [0.717, 1.165) is 12.8 Å². The van der Waals surface area contributed by atoms with Gasteiger partial charge in [-0.3, -0.25) is 4.79 Å². The van der Waals surface area contributed by atoms with Crippen LogP contribution < -0.4 is 26.0 Å². The van der Waals surface area contributed by atoms with Gasteiger partial charge in [0, 0.05) is 24.4 Å². The maximum Gasteiger partial charge on any atom is 0.319 e. The monoisotopic (exact) mass is 497 g/mol. The first-order valence-electron chi connectivity index (χ1n) is 10.4. The van der Waals surface area contributed by atoms with Gasteiger partial charge in [-0.05, 0) is 43.2 Å². The third-order valence-corrected chi connectivity index (χ3v) is 5.38. The van der Waals surface area contributed by atoms with Crippen LogP contribution in [0.4, 0.5) is 27.7 Å². The SMILES string of the molecule is C=CC(=O)Nc1ccccc1Nc1cc(Oc2cc(Cl)c(NC(=O)NC3CC3)cc2Cl)ccn1. The van der Waals surface area contributed by atoms with Crippen molar-refractivity contribution in [1.82, 2.24) is 10.3 Å². The summed E-state index contributed by atoms with van der Waals surface area (Å²) < 4.78 is 5.91. The summed E-state index contributed by atoms with van der Waals surface area (Å²) in [5.41, 5.74) is 1.60. The number of hydrogen-bond acceptors (Lipinski definition) is 5. The number of rotatable bonds is 8. The van der Waals surface area contributed by atoms with Gasteiger partial charge < -0.3 is 26.0 Å². The fourth-order valence-corrected chi connectivity index (χ4v) is 3.37. The summed E-state index contributed by atoms with van der Waals surface area (Å²) in [6.07, 6.45) is 4.72. The average molecular weight is 498 g/mol. The number of ether oxygens (including phenoxy) is 1. The molecule has 3 aromatic rings. The molecule has 8 nitrogen and oxygen atoms in total. The van der Waals surface area contributed by atoms with Gasteiger partial charge in [0.05, 0.1) is 27.1 Å². The molecule has 4 N–H and O–H groups in total. The van der Waals surface area contributed by atoms with Crippen LogP contribution in [0, 0.1) is 0 Å². The van der Waals surface area contributed by atoms with Crippen molar-refractivity contribution in [3.8, 4) is 11.5 Å². The molecule has 174 valence electrons. The van der Waals surface area contributed by atoms with Crippen molar-refractivity contribution < 1.29 is 14.3 Å². The van der Waals surface area contributed by atoms with E-state index in [-0.39, 0.29) is 28.0 Å². The molecule has 1 fully saturated rings. The van der Waals surface area contributed by atoms with Crippen LogP contribution in [-0.2, 0) is 4.79 Å². The van der Waals surface area contributed by atoms with Gasteiger partial charge in [-0.25, -0.2) is 9.78 Å². The standard InChI is InChI=1S/C24H21Cl2N5O3/c1-2-23(32)30-19-6-4-3-5-18(19)29-22-11-15(9-10-27-22)34-21-13-16(25)20(12-17(21)26)31-24(33)28-14-7-8-14/h2-6,9-14H,1,7-8H2,(H,27,29)(H,30,32)(H2,28,31,33). The molecular weight excluding hydrogens is 477 g/mol. The second-order valence-electron chi connectivity index (χ2n) is 7.48. The zero-order valence-electron chi connectivity index (χ0n) is 17.9. The van der Waals surface area contributed by atoms with Crippen LogP contribution in [0.15, 0.2) is 67.4 Å². The van der Waals surface area contributed by atoms with Gasteiger partial charge in [0.2, 0.25) is 5.91 Å². The molecule has 10 heteroatoms. The van der Waals surface area contributed by atoms with Crippen molar-refractivity contribution in [2.45, 2.75) is 18.9 Å². The lowest BCUT2D eigenvalue weighted by molar-refractivity contribution is -0.111. The Bertz CT molecular complexity index is 1250. The van der Waals surface area contributed by atoms with Gasteiger partial charge in [0.25, 0.3) is 0 Å². The maximum atomic E-state index is 12.0. The second-order valence-corrected chi connectivity index (χ2v) is 8.29. The molecule has 1 aromatic heterocycles. The van der Waals surface area contributed by atoms with Gasteiger partial charge in [-0.15, -0.1) is 0 Å². The van der Waals surface area contributed by atoms with Gasteiger partial charge in [0.15, 0.2) is 0 Å². The summed E-state index contributed by atoms with van der Waals surface area (Å²) in [5.74, 6) is 0.926. The smallest absolute Gasteiger partial charge is 0.319 e. The molecule has 2 aromatic carbocycles. The number of amides is 3. The summed E-state index contributed by atoms with van der Waals surface area (Å²) >= 11 is 12.7. The van der Waals surface area contributed by atoms with E-state index < -0.39 is 0 Å². The number of halogens is 2. The fourth-order valence-electron chi connectivity index (χ4n) is 2.97. The summed E-state index contributed by atoms with van der Waals surface area (Å²) in [4.78, 5) is 28.0. The Kier molecular flexibility index (Phi) is 7.20. The van der Waals surface area contributed by atoms with Crippen LogP contribution in [-0.4, -0.2) is 23.0 Å². The predicted molar refractivity (Wildman–Crippen MR) is 135 cm³/mol. The highest BCUT2D eigenvalue weighted by Gasteiger charge is 2.23. The minimum Gasteiger partial charge on any atom is -0.456 e. The summed E-state index contributed by atoms with van der Waals surface area (Å²) in [6.45, 7) is 3.46. The van der Waals surface area contributed by atoms with Crippen molar-refractivity contribution >= 4 is 58.0 Å². The van der Waals surface area contributed by atoms with Crippen molar-refractivity contribution in [3.63, 3.8) is 0 Å². The Labute approximate surface area is 206 Å². The van der Waals surface area contributed by atoms with E-state index in [1.165, 1.54) is 18.2 Å². The maximum absolute atomic E-state index is 12.0. The number of carbonyl (C=O) groups excluding carboxylic acids is 2. The number of nitrogens with zero attached hydrogens (tertiary/aromatic N) is 1. The molecule has 1 aliphatic rings. The molecule has 0 radical (unpaired) electrons. The van der Waals surface area contributed by atoms with Crippen LogP contribution in [0.1, 0.15) is 12.8 Å². The van der Waals surface area contributed by atoms with Crippen LogP contribution in [0.25, 0.3) is 0 Å². The summed E-state index contributed by atoms with van der Waals surface area (Å²) in [5, 5.41) is 12.0. The highest BCUT2D eigenvalue weighted by Crippen LogP contribution is 2.37. The van der Waals surface area contributed by atoms with E-state index in [0.29, 0.717) is 34.4 Å². The first-order chi connectivity index (χ1) is 16.4. The molecule has 1 heterocycles. The molecular formula is C24H21Cl2N5O3. The third kappa shape index (κ3) is 6.18. The molecule has 0 bridgehead atoms. The molecule has 4 rings (SSSR count). The Hall–Kier alpha value is -3.75. The lowest BCUT2D eigenvalue weighted by atomic mass is 10.2. The normalized spacial score (nSPS) is 12.4. The lowest BCUT2D eigenvalue weighted by Gasteiger charge is -2.14. The summed E-state index contributed by atoms with van der Waals surface area (Å²) in [6, 6.07) is 13.5. The molecule has 34 heavy (non-hydrogen) atoms. The first kappa shape index (κ1) is 23.4. The molecule has 0 atom stereocenters. The number of carbonyl (C=O) groups is 2. The Balaban J connectivity index is 1.47. The second kappa shape index (κ2) is 10.5. The quantitative estimate of drug-likeness (QED) is 0.272. The van der Waals surface area contributed by atoms with Gasteiger partial charge in [-0.1, -0.05) is 41.9 Å². The first-order valence-corrected chi connectivity index (χ1v) is 11.2. The minimum atomic E-state index is -0.330. The number of pyridine rings is 1. The topological polar surface area (TPSA) is 104 Å². The molecule has 0 saturated heterocycles. The number of nitrogens with one attached hydrogen (secondary N) is 4. The van der Waals surface area contributed by atoms with Crippen molar-refractivity contribution in [2.75, 3.05) is 16.0 Å². The van der Waals surface area contributed by atoms with Gasteiger partial charge in [0.1, 0.15) is 17.3 Å². The zero-order valence-corrected chi connectivity index (χ0v) is 19.4. The van der Waals surface area contributed by atoms with Gasteiger partial charge >= 0.3 is 6.03 Å². The van der Waals surface area contributed by atoms with E-state index in [1.807, 2.05) is 6.07 Å². The fraction of sp³-hybridized carbons (Fsp3) is 0.125. The van der Waals surface area contributed by atoms with Crippen LogP contribution >= 0.6 is 23.2 Å². The van der Waals surface area contributed by atoms with Crippen LogP contribution in [0.5, 0.6) is 11.5 Å². The Morgan fingerprint density at radius 2 is 1.76 bits per heavy atom. The molecule has 0 aliphatic heterocycles. The Morgan fingerprint density at radius 1 is 1.00 bits per heavy atom. The highest BCUT2D eigenvalue weighted by molar-refractivity contribution is 6.36. The summed E-state index contributed by atoms with van der Waals surface area (Å²) in [7, 11) is 0.